The van der Waals surface area contributed by atoms with Gasteiger partial charge in [-0.3, -0.25) is 0 Å². The first-order valence-corrected chi connectivity index (χ1v) is 8.79. The van der Waals surface area contributed by atoms with Crippen molar-refractivity contribution in [2.24, 2.45) is 0 Å². The van der Waals surface area contributed by atoms with Gasteiger partial charge in [0, 0.05) is 5.02 Å². The molecular formula is C19H23ClNO4+. The van der Waals surface area contributed by atoms with Gasteiger partial charge in [-0.1, -0.05) is 41.9 Å². The van der Waals surface area contributed by atoms with E-state index in [2.05, 4.69) is 0 Å². The standard InChI is InChI=1S/C19H22ClNO4/c20-17-6-2-1-5-14(17)11-23-12-15(22)9-21-10-16-13-24-18-7-3-4-8-19(18)25-16/h1-8,15-16,21-22H,9-13H2/p+1/t15-,16+/m0/s1. The minimum atomic E-state index is -0.542. The van der Waals surface area contributed by atoms with Crippen LogP contribution >= 0.6 is 11.6 Å². The van der Waals surface area contributed by atoms with Gasteiger partial charge in [0.15, 0.2) is 17.6 Å². The van der Waals surface area contributed by atoms with Crippen molar-refractivity contribution in [2.45, 2.75) is 18.8 Å². The van der Waals surface area contributed by atoms with Gasteiger partial charge in [-0.05, 0) is 23.8 Å². The van der Waals surface area contributed by atoms with E-state index in [1.807, 2.05) is 53.8 Å². The highest BCUT2D eigenvalue weighted by molar-refractivity contribution is 6.31. The Balaban J connectivity index is 1.32. The molecule has 0 spiro atoms. The maximum atomic E-state index is 10.0. The lowest BCUT2D eigenvalue weighted by Crippen LogP contribution is -2.89. The molecule has 0 amide bonds. The molecule has 6 heteroatoms. The molecule has 1 aliphatic heterocycles. The number of halogens is 1. The zero-order valence-electron chi connectivity index (χ0n) is 13.9. The summed E-state index contributed by atoms with van der Waals surface area (Å²) >= 11 is 6.07. The quantitative estimate of drug-likeness (QED) is 0.747. The maximum Gasteiger partial charge on any atom is 0.181 e. The average Bonchev–Trinajstić information content (AvgIpc) is 2.63. The molecular weight excluding hydrogens is 342 g/mol. The van der Waals surface area contributed by atoms with Crippen LogP contribution in [0.2, 0.25) is 5.02 Å². The van der Waals surface area contributed by atoms with Gasteiger partial charge in [-0.25, -0.2) is 0 Å². The van der Waals surface area contributed by atoms with Crippen molar-refractivity contribution >= 4 is 11.6 Å². The van der Waals surface area contributed by atoms with Crippen molar-refractivity contribution in [1.82, 2.24) is 0 Å². The fourth-order valence-corrected chi connectivity index (χ4v) is 2.83. The molecule has 0 saturated heterocycles. The Labute approximate surface area is 152 Å². The summed E-state index contributed by atoms with van der Waals surface area (Å²) in [6, 6.07) is 15.2. The van der Waals surface area contributed by atoms with Crippen LogP contribution in [-0.2, 0) is 11.3 Å². The Kier molecular flexibility index (Phi) is 6.53. The van der Waals surface area contributed by atoms with Crippen molar-refractivity contribution < 1.29 is 24.6 Å². The molecule has 0 radical (unpaired) electrons. The van der Waals surface area contributed by atoms with Crippen molar-refractivity contribution in [1.29, 1.82) is 0 Å². The molecule has 25 heavy (non-hydrogen) atoms. The van der Waals surface area contributed by atoms with Crippen LogP contribution in [0.4, 0.5) is 0 Å². The van der Waals surface area contributed by atoms with Crippen LogP contribution in [-0.4, -0.2) is 43.6 Å². The van der Waals surface area contributed by atoms with Crippen LogP contribution in [0.1, 0.15) is 5.56 Å². The van der Waals surface area contributed by atoms with Gasteiger partial charge in [0.2, 0.25) is 0 Å². The number of benzene rings is 2. The Morgan fingerprint density at radius 2 is 1.92 bits per heavy atom. The summed E-state index contributed by atoms with van der Waals surface area (Å²) in [5.41, 5.74) is 0.923. The van der Waals surface area contributed by atoms with Crippen LogP contribution in [0.5, 0.6) is 11.5 Å². The molecule has 0 aliphatic carbocycles. The van der Waals surface area contributed by atoms with Crippen molar-refractivity contribution in [3.63, 3.8) is 0 Å². The number of para-hydroxylation sites is 2. The summed E-state index contributed by atoms with van der Waals surface area (Å²) in [7, 11) is 0. The summed E-state index contributed by atoms with van der Waals surface area (Å²) in [4.78, 5) is 0. The highest BCUT2D eigenvalue weighted by atomic mass is 35.5. The first kappa shape index (κ1) is 18.0. The minimum absolute atomic E-state index is 0.0221. The maximum absolute atomic E-state index is 10.0. The number of hydrogen-bond donors (Lipinski definition) is 2. The van der Waals surface area contributed by atoms with E-state index >= 15 is 0 Å². The van der Waals surface area contributed by atoms with Gasteiger partial charge in [0.25, 0.3) is 0 Å². The Hall–Kier alpha value is -1.79. The third kappa shape index (κ3) is 5.34. The lowest BCUT2D eigenvalue weighted by atomic mass is 10.2. The number of aliphatic hydroxyl groups is 1. The molecule has 1 aliphatic rings. The summed E-state index contributed by atoms with van der Waals surface area (Å²) in [5.74, 6) is 1.56. The minimum Gasteiger partial charge on any atom is -0.486 e. The second-order valence-corrected chi connectivity index (χ2v) is 6.43. The predicted molar refractivity (Wildman–Crippen MR) is 95.1 cm³/mol. The third-order valence-electron chi connectivity index (χ3n) is 3.96. The Morgan fingerprint density at radius 1 is 1.16 bits per heavy atom. The van der Waals surface area contributed by atoms with Gasteiger partial charge < -0.3 is 24.6 Å². The number of rotatable bonds is 8. The highest BCUT2D eigenvalue weighted by Gasteiger charge is 2.22. The van der Waals surface area contributed by atoms with E-state index in [0.29, 0.717) is 24.8 Å². The lowest BCUT2D eigenvalue weighted by molar-refractivity contribution is -0.666. The van der Waals surface area contributed by atoms with Crippen molar-refractivity contribution in [3.8, 4) is 11.5 Å². The Morgan fingerprint density at radius 3 is 2.76 bits per heavy atom. The smallest absolute Gasteiger partial charge is 0.181 e. The topological polar surface area (TPSA) is 64.5 Å². The lowest BCUT2D eigenvalue weighted by Gasteiger charge is -2.25. The second kappa shape index (κ2) is 9.06. The molecule has 5 nitrogen and oxygen atoms in total. The number of quaternary nitrogens is 1. The molecule has 0 bridgehead atoms. The van der Waals surface area contributed by atoms with Gasteiger partial charge >= 0.3 is 0 Å². The molecule has 0 unspecified atom stereocenters. The van der Waals surface area contributed by atoms with Crippen molar-refractivity contribution in [3.05, 3.63) is 59.1 Å². The summed E-state index contributed by atoms with van der Waals surface area (Å²) < 4.78 is 17.1. The van der Waals surface area contributed by atoms with Crippen molar-refractivity contribution in [2.75, 3.05) is 26.3 Å². The Bertz CT molecular complexity index is 682. The molecule has 3 rings (SSSR count). The van der Waals surface area contributed by atoms with E-state index in [4.69, 9.17) is 25.8 Å². The van der Waals surface area contributed by atoms with Crippen LogP contribution < -0.4 is 14.8 Å². The van der Waals surface area contributed by atoms with Crippen LogP contribution in [0.25, 0.3) is 0 Å². The summed E-state index contributed by atoms with van der Waals surface area (Å²) in [6.07, 6.45) is -0.564. The van der Waals surface area contributed by atoms with E-state index in [1.165, 1.54) is 0 Å². The van der Waals surface area contributed by atoms with Crippen LogP contribution in [0.3, 0.4) is 0 Å². The molecule has 2 aromatic carbocycles. The molecule has 2 aromatic rings. The van der Waals surface area contributed by atoms with E-state index in [9.17, 15) is 5.11 Å². The number of ether oxygens (including phenoxy) is 3. The third-order valence-corrected chi connectivity index (χ3v) is 4.33. The number of hydrogen-bond acceptors (Lipinski definition) is 4. The monoisotopic (exact) mass is 364 g/mol. The average molecular weight is 365 g/mol. The number of fused-ring (bicyclic) bond motifs is 1. The fourth-order valence-electron chi connectivity index (χ4n) is 2.64. The van der Waals surface area contributed by atoms with E-state index in [1.54, 1.807) is 0 Å². The van der Waals surface area contributed by atoms with Gasteiger partial charge in [0.1, 0.15) is 25.8 Å². The number of aliphatic hydroxyl groups excluding tert-OH is 1. The van der Waals surface area contributed by atoms with E-state index < -0.39 is 6.10 Å². The summed E-state index contributed by atoms with van der Waals surface area (Å²) in [5, 5.41) is 12.7. The van der Waals surface area contributed by atoms with Crippen LogP contribution in [0.15, 0.2) is 48.5 Å². The highest BCUT2D eigenvalue weighted by Crippen LogP contribution is 2.30. The molecule has 0 fully saturated rings. The molecule has 2 atom stereocenters. The fraction of sp³-hybridized carbons (Fsp3) is 0.368. The van der Waals surface area contributed by atoms with E-state index in [0.717, 1.165) is 23.6 Å². The normalized spacial score (nSPS) is 17.3. The van der Waals surface area contributed by atoms with Crippen LogP contribution in [0, 0.1) is 0 Å². The largest absolute Gasteiger partial charge is 0.486 e. The predicted octanol–water partition coefficient (Wildman–Crippen LogP) is 1.62. The number of nitrogens with two attached hydrogens (primary N) is 1. The first-order valence-electron chi connectivity index (χ1n) is 8.41. The SMILES string of the molecule is O[C@@H](C[NH2+]C[C@@H]1COc2ccccc2O1)COCc1ccccc1Cl. The second-order valence-electron chi connectivity index (χ2n) is 6.02. The molecule has 134 valence electrons. The summed E-state index contributed by atoms with van der Waals surface area (Å²) in [6.45, 7) is 2.45. The molecule has 0 aromatic heterocycles. The molecule has 1 heterocycles. The zero-order chi connectivity index (χ0) is 17.5. The molecule has 3 N–H and O–H groups in total. The van der Waals surface area contributed by atoms with E-state index in [-0.39, 0.29) is 12.7 Å². The van der Waals surface area contributed by atoms with Gasteiger partial charge in [-0.15, -0.1) is 0 Å². The molecule has 0 saturated carbocycles. The van der Waals surface area contributed by atoms with Gasteiger partial charge in [-0.2, -0.15) is 0 Å². The van der Waals surface area contributed by atoms with Gasteiger partial charge in [0.05, 0.1) is 13.2 Å². The first-order chi connectivity index (χ1) is 12.2. The zero-order valence-corrected chi connectivity index (χ0v) is 14.7.